The minimum absolute atomic E-state index is 0.00665. The van der Waals surface area contributed by atoms with Crippen LogP contribution in [0.15, 0.2) is 18.2 Å². The number of rotatable bonds is 3. The van der Waals surface area contributed by atoms with Gasteiger partial charge in [-0.05, 0) is 31.4 Å². The van der Waals surface area contributed by atoms with Gasteiger partial charge in [-0.1, -0.05) is 24.1 Å². The first-order valence-corrected chi connectivity index (χ1v) is 6.39. The minimum Gasteiger partial charge on any atom is -0.481 e. The fraction of sp³-hybridized carbons (Fsp3) is 0.462. The van der Waals surface area contributed by atoms with Crippen LogP contribution in [0.25, 0.3) is 0 Å². The molecule has 3 nitrogen and oxygen atoms in total. The number of hydrogen-bond acceptors (Lipinski definition) is 2. The Labute approximate surface area is 110 Å². The number of carboxylic acid groups (broad SMARTS) is 1. The first kappa shape index (κ1) is 13.1. The van der Waals surface area contributed by atoms with Crippen molar-refractivity contribution in [3.8, 4) is 0 Å². The van der Waals surface area contributed by atoms with Crippen LogP contribution in [0.3, 0.4) is 0 Å². The van der Waals surface area contributed by atoms with E-state index in [1.165, 1.54) is 6.07 Å². The van der Waals surface area contributed by atoms with Gasteiger partial charge in [0.05, 0.1) is 16.6 Å². The Morgan fingerprint density at radius 2 is 2.22 bits per heavy atom. The van der Waals surface area contributed by atoms with Gasteiger partial charge in [-0.2, -0.15) is 0 Å². The molecule has 0 saturated heterocycles. The van der Waals surface area contributed by atoms with Crippen molar-refractivity contribution >= 4 is 23.3 Å². The Morgan fingerprint density at radius 3 is 2.94 bits per heavy atom. The molecule has 2 unspecified atom stereocenters. The van der Waals surface area contributed by atoms with Crippen LogP contribution in [-0.4, -0.2) is 17.1 Å². The van der Waals surface area contributed by atoms with E-state index in [2.05, 4.69) is 5.32 Å². The van der Waals surface area contributed by atoms with E-state index in [1.807, 2.05) is 0 Å². The summed E-state index contributed by atoms with van der Waals surface area (Å²) in [7, 11) is 0. The van der Waals surface area contributed by atoms with Crippen molar-refractivity contribution < 1.29 is 14.3 Å². The second-order valence-electron chi connectivity index (χ2n) is 4.64. The lowest BCUT2D eigenvalue weighted by Gasteiger charge is -2.28. The Kier molecular flexibility index (Phi) is 4.07. The van der Waals surface area contributed by atoms with E-state index < -0.39 is 11.8 Å². The molecule has 2 atom stereocenters. The lowest BCUT2D eigenvalue weighted by molar-refractivity contribution is -0.142. The Hall–Kier alpha value is -1.29. The molecule has 0 aliphatic heterocycles. The van der Waals surface area contributed by atoms with Crippen molar-refractivity contribution in [1.82, 2.24) is 0 Å². The zero-order valence-corrected chi connectivity index (χ0v) is 10.6. The summed E-state index contributed by atoms with van der Waals surface area (Å²) >= 11 is 5.70. The summed E-state index contributed by atoms with van der Waals surface area (Å²) in [5, 5.41) is 12.1. The van der Waals surface area contributed by atoms with Gasteiger partial charge in [0.25, 0.3) is 0 Å². The molecule has 1 aliphatic carbocycles. The minimum atomic E-state index is -0.770. The third-order valence-electron chi connectivity index (χ3n) is 3.33. The van der Waals surface area contributed by atoms with Crippen molar-refractivity contribution in [3.05, 3.63) is 29.0 Å². The van der Waals surface area contributed by atoms with Gasteiger partial charge in [0.1, 0.15) is 0 Å². The summed E-state index contributed by atoms with van der Waals surface area (Å²) in [4.78, 5) is 11.0. The van der Waals surface area contributed by atoms with Gasteiger partial charge >= 0.3 is 5.97 Å². The molecule has 0 spiro atoms. The van der Waals surface area contributed by atoms with Crippen molar-refractivity contribution in [2.45, 2.75) is 31.7 Å². The summed E-state index contributed by atoms with van der Waals surface area (Å²) in [5.41, 5.74) is 0.346. The van der Waals surface area contributed by atoms with Crippen LogP contribution in [0.2, 0.25) is 5.02 Å². The van der Waals surface area contributed by atoms with Gasteiger partial charge in [0.2, 0.25) is 0 Å². The highest BCUT2D eigenvalue weighted by Crippen LogP contribution is 2.29. The zero-order valence-electron chi connectivity index (χ0n) is 9.83. The van der Waals surface area contributed by atoms with Gasteiger partial charge in [0.15, 0.2) is 5.82 Å². The number of carboxylic acids is 1. The van der Waals surface area contributed by atoms with Crippen molar-refractivity contribution in [2.24, 2.45) is 5.92 Å². The molecule has 0 radical (unpaired) electrons. The highest BCUT2D eigenvalue weighted by molar-refractivity contribution is 6.31. The molecule has 0 heterocycles. The number of nitrogens with one attached hydrogen (secondary N) is 1. The molecule has 5 heteroatoms. The number of aliphatic carboxylic acids is 1. The fourth-order valence-electron chi connectivity index (χ4n) is 2.38. The highest BCUT2D eigenvalue weighted by Gasteiger charge is 2.27. The van der Waals surface area contributed by atoms with E-state index >= 15 is 0 Å². The largest absolute Gasteiger partial charge is 0.481 e. The molecule has 1 aliphatic rings. The lowest BCUT2D eigenvalue weighted by Crippen LogP contribution is -2.31. The van der Waals surface area contributed by atoms with Gasteiger partial charge in [-0.3, -0.25) is 4.79 Å². The van der Waals surface area contributed by atoms with Gasteiger partial charge in [0, 0.05) is 6.04 Å². The van der Waals surface area contributed by atoms with Crippen LogP contribution in [0.4, 0.5) is 10.1 Å². The average Bonchev–Trinajstić information content (AvgIpc) is 2.35. The van der Waals surface area contributed by atoms with Crippen LogP contribution < -0.4 is 5.32 Å². The third-order valence-corrected chi connectivity index (χ3v) is 3.63. The number of halogens is 2. The Balaban J connectivity index is 2.05. The fourth-order valence-corrected chi connectivity index (χ4v) is 2.55. The first-order valence-electron chi connectivity index (χ1n) is 6.01. The van der Waals surface area contributed by atoms with E-state index in [9.17, 15) is 9.18 Å². The van der Waals surface area contributed by atoms with Gasteiger partial charge in [-0.15, -0.1) is 0 Å². The maximum atomic E-state index is 13.7. The van der Waals surface area contributed by atoms with Crippen molar-refractivity contribution in [1.29, 1.82) is 0 Å². The van der Waals surface area contributed by atoms with E-state index in [4.69, 9.17) is 16.7 Å². The SMILES string of the molecule is O=C(O)C1CCCC(Nc2cccc(Cl)c2F)C1. The normalized spacial score (nSPS) is 23.7. The van der Waals surface area contributed by atoms with Crippen LogP contribution in [-0.2, 0) is 4.79 Å². The molecule has 1 fully saturated rings. The summed E-state index contributed by atoms with van der Waals surface area (Å²) in [5.74, 6) is -1.58. The standard InChI is InChI=1S/C13H15ClFNO2/c14-10-5-2-6-11(12(10)15)16-9-4-1-3-8(7-9)13(17)18/h2,5-6,8-9,16H,1,3-4,7H2,(H,17,18). The maximum absolute atomic E-state index is 13.7. The molecule has 1 aromatic carbocycles. The molecule has 0 amide bonds. The second kappa shape index (κ2) is 5.57. The highest BCUT2D eigenvalue weighted by atomic mass is 35.5. The Bertz CT molecular complexity index is 453. The molecule has 1 aromatic rings. The van der Waals surface area contributed by atoms with Crippen molar-refractivity contribution in [2.75, 3.05) is 5.32 Å². The van der Waals surface area contributed by atoms with Crippen molar-refractivity contribution in [3.63, 3.8) is 0 Å². The summed E-state index contributed by atoms with van der Waals surface area (Å²) in [6.45, 7) is 0. The number of hydrogen-bond donors (Lipinski definition) is 2. The average molecular weight is 272 g/mol. The van der Waals surface area contributed by atoms with Crippen LogP contribution in [0.5, 0.6) is 0 Å². The summed E-state index contributed by atoms with van der Waals surface area (Å²) < 4.78 is 13.7. The monoisotopic (exact) mass is 271 g/mol. The molecule has 0 bridgehead atoms. The molecule has 0 aromatic heterocycles. The van der Waals surface area contributed by atoms with E-state index in [1.54, 1.807) is 12.1 Å². The van der Waals surface area contributed by atoms with Crippen LogP contribution >= 0.6 is 11.6 Å². The number of anilines is 1. The summed E-state index contributed by atoms with van der Waals surface area (Å²) in [6, 6.07) is 4.77. The predicted molar refractivity (Wildman–Crippen MR) is 68.4 cm³/mol. The molecular weight excluding hydrogens is 257 g/mol. The predicted octanol–water partition coefficient (Wildman–Crippen LogP) is 3.53. The van der Waals surface area contributed by atoms with E-state index in [0.717, 1.165) is 12.8 Å². The molecule has 2 N–H and O–H groups in total. The number of benzene rings is 1. The molecule has 18 heavy (non-hydrogen) atoms. The number of carbonyl (C=O) groups is 1. The summed E-state index contributed by atoms with van der Waals surface area (Å²) in [6.07, 6.45) is 2.93. The first-order chi connectivity index (χ1) is 8.58. The third kappa shape index (κ3) is 2.93. The Morgan fingerprint density at radius 1 is 1.44 bits per heavy atom. The van der Waals surface area contributed by atoms with E-state index in [-0.39, 0.29) is 17.0 Å². The zero-order chi connectivity index (χ0) is 13.1. The molecule has 1 saturated carbocycles. The van der Waals surface area contributed by atoms with Crippen LogP contribution in [0, 0.1) is 11.7 Å². The molecular formula is C13H15ClFNO2. The molecule has 98 valence electrons. The lowest BCUT2D eigenvalue weighted by atomic mass is 9.85. The molecule has 2 rings (SSSR count). The quantitative estimate of drug-likeness (QED) is 0.884. The smallest absolute Gasteiger partial charge is 0.306 e. The maximum Gasteiger partial charge on any atom is 0.306 e. The van der Waals surface area contributed by atoms with Gasteiger partial charge < -0.3 is 10.4 Å². The second-order valence-corrected chi connectivity index (χ2v) is 5.05. The van der Waals surface area contributed by atoms with Gasteiger partial charge in [-0.25, -0.2) is 4.39 Å². The topological polar surface area (TPSA) is 49.3 Å². The van der Waals surface area contributed by atoms with E-state index in [0.29, 0.717) is 18.5 Å². The van der Waals surface area contributed by atoms with Crippen LogP contribution in [0.1, 0.15) is 25.7 Å².